The van der Waals surface area contributed by atoms with E-state index < -0.39 is 0 Å². The number of halogens is 1. The van der Waals surface area contributed by atoms with Gasteiger partial charge in [-0.3, -0.25) is 14.8 Å². The molecular formula is C45H52ClN7S2. The second-order valence-corrected chi connectivity index (χ2v) is 18.7. The Labute approximate surface area is 339 Å². The summed E-state index contributed by atoms with van der Waals surface area (Å²) in [7, 11) is 0. The van der Waals surface area contributed by atoms with Crippen LogP contribution in [0.2, 0.25) is 5.02 Å². The second kappa shape index (κ2) is 16.6. The molecule has 0 spiro atoms. The molecule has 0 saturated carbocycles. The number of hydrogen-bond acceptors (Lipinski definition) is 9. The lowest BCUT2D eigenvalue weighted by atomic mass is 10.0. The van der Waals surface area contributed by atoms with Gasteiger partial charge in [0.25, 0.3) is 0 Å². The fourth-order valence-corrected chi connectivity index (χ4v) is 11.7. The van der Waals surface area contributed by atoms with Crippen LogP contribution in [0.1, 0.15) is 72.2 Å². The molecule has 55 heavy (non-hydrogen) atoms. The molecule has 3 aromatic heterocycles. The van der Waals surface area contributed by atoms with E-state index in [0.29, 0.717) is 10.6 Å². The zero-order valence-electron chi connectivity index (χ0n) is 32.0. The standard InChI is InChI=1S/C45H52ClN7S2/c1-31-20-33(35-22-40(55-30-35)28-51-18-10-38(11-19-51)53-14-4-5-15-53)23-42(46)44(31)49-45-36(25-47)26-48-43-24-32(6-7-41(43)45)34-21-39(54-29-34)27-50-16-8-37(9-17-50)52-12-2-3-13-52/h6-7,20-24,26,29-30,37-38H,2-5,8-19,27-28H2,1H3,(H,48,49). The van der Waals surface area contributed by atoms with Gasteiger partial charge in [0.15, 0.2) is 0 Å². The fourth-order valence-electron chi connectivity index (χ4n) is 9.56. The number of thiophene rings is 2. The average Bonchev–Trinajstić information content (AvgIpc) is 4.06. The van der Waals surface area contributed by atoms with Crippen LogP contribution in [0, 0.1) is 18.3 Å². The lowest BCUT2D eigenvalue weighted by Crippen LogP contribution is -2.43. The van der Waals surface area contributed by atoms with Crippen molar-refractivity contribution in [2.45, 2.75) is 83.5 Å². The maximum atomic E-state index is 10.1. The van der Waals surface area contributed by atoms with Crippen molar-refractivity contribution in [1.29, 1.82) is 5.26 Å². The van der Waals surface area contributed by atoms with Crippen molar-refractivity contribution in [2.75, 3.05) is 57.7 Å². The maximum absolute atomic E-state index is 10.1. The van der Waals surface area contributed by atoms with Gasteiger partial charge in [0, 0.05) is 72.7 Å². The minimum absolute atomic E-state index is 0.498. The molecule has 0 amide bonds. The quantitative estimate of drug-likeness (QED) is 0.151. The van der Waals surface area contributed by atoms with E-state index in [0.717, 1.165) is 64.1 Å². The fraction of sp³-hybridized carbons (Fsp3) is 0.467. The van der Waals surface area contributed by atoms with Crippen molar-refractivity contribution in [2.24, 2.45) is 0 Å². The summed E-state index contributed by atoms with van der Waals surface area (Å²) in [5, 5.41) is 19.8. The first-order valence-corrected chi connectivity index (χ1v) is 22.6. The lowest BCUT2D eigenvalue weighted by molar-refractivity contribution is 0.123. The molecule has 4 saturated heterocycles. The highest BCUT2D eigenvalue weighted by molar-refractivity contribution is 7.10. The van der Waals surface area contributed by atoms with Crippen LogP contribution < -0.4 is 5.32 Å². The molecule has 10 heteroatoms. The van der Waals surface area contributed by atoms with Crippen LogP contribution in [0.25, 0.3) is 33.2 Å². The number of piperidine rings is 2. The summed E-state index contributed by atoms with van der Waals surface area (Å²) in [4.78, 5) is 18.2. The lowest BCUT2D eigenvalue weighted by Gasteiger charge is -2.36. The molecule has 286 valence electrons. The van der Waals surface area contributed by atoms with Crippen molar-refractivity contribution in [3.8, 4) is 28.3 Å². The number of rotatable bonds is 10. The predicted molar refractivity (Wildman–Crippen MR) is 231 cm³/mol. The third kappa shape index (κ3) is 8.24. The van der Waals surface area contributed by atoms with E-state index in [1.54, 1.807) is 6.20 Å². The Morgan fingerprint density at radius 2 is 1.27 bits per heavy atom. The van der Waals surface area contributed by atoms with Gasteiger partial charge in [0.2, 0.25) is 0 Å². The number of nitrogens with one attached hydrogen (secondary N) is 1. The van der Waals surface area contributed by atoms with Crippen LogP contribution in [0.5, 0.6) is 0 Å². The van der Waals surface area contributed by atoms with Crippen LogP contribution in [-0.4, -0.2) is 89.0 Å². The van der Waals surface area contributed by atoms with Crippen LogP contribution in [0.4, 0.5) is 11.4 Å². The minimum atomic E-state index is 0.498. The summed E-state index contributed by atoms with van der Waals surface area (Å²) in [6.07, 6.45) is 12.3. The molecule has 4 fully saturated rings. The topological polar surface area (TPSA) is 61.7 Å². The van der Waals surface area contributed by atoms with Gasteiger partial charge < -0.3 is 15.1 Å². The van der Waals surface area contributed by atoms with E-state index in [-0.39, 0.29) is 0 Å². The number of pyridine rings is 1. The summed E-state index contributed by atoms with van der Waals surface area (Å²) in [5.41, 5.74) is 8.65. The van der Waals surface area contributed by atoms with E-state index in [1.807, 2.05) is 22.7 Å². The highest BCUT2D eigenvalue weighted by Gasteiger charge is 2.28. The molecule has 5 aromatic rings. The van der Waals surface area contributed by atoms with E-state index in [4.69, 9.17) is 16.6 Å². The van der Waals surface area contributed by atoms with Gasteiger partial charge in [0.1, 0.15) is 6.07 Å². The van der Waals surface area contributed by atoms with Gasteiger partial charge in [-0.05, 0) is 153 Å². The smallest absolute Gasteiger partial charge is 0.103 e. The SMILES string of the molecule is Cc1cc(-c2csc(CN3CCC(N4CCCC4)CC3)c2)cc(Cl)c1Nc1c(C#N)cnc2cc(-c3csc(CN4CCC(N5CCCC5)CC4)c3)ccc12. The molecule has 1 N–H and O–H groups in total. The Morgan fingerprint density at radius 1 is 0.709 bits per heavy atom. The van der Waals surface area contributed by atoms with E-state index in [1.165, 1.54) is 125 Å². The number of fused-ring (bicyclic) bond motifs is 1. The van der Waals surface area contributed by atoms with Gasteiger partial charge in [-0.25, -0.2) is 0 Å². The molecule has 4 aliphatic rings. The molecule has 0 aliphatic carbocycles. The molecule has 9 rings (SSSR count). The van der Waals surface area contributed by atoms with Crippen molar-refractivity contribution >= 4 is 56.6 Å². The van der Waals surface area contributed by atoms with Crippen molar-refractivity contribution in [3.63, 3.8) is 0 Å². The van der Waals surface area contributed by atoms with Crippen molar-refractivity contribution in [3.05, 3.63) is 85.3 Å². The Hall–Kier alpha value is -3.33. The Morgan fingerprint density at radius 3 is 1.82 bits per heavy atom. The predicted octanol–water partition coefficient (Wildman–Crippen LogP) is 10.4. The summed E-state index contributed by atoms with van der Waals surface area (Å²) in [6, 6.07) is 19.3. The number of hydrogen-bond donors (Lipinski definition) is 1. The van der Waals surface area contributed by atoms with E-state index >= 15 is 0 Å². The normalized spacial score (nSPS) is 19.8. The number of nitrogens with zero attached hydrogens (tertiary/aromatic N) is 6. The first-order valence-electron chi connectivity index (χ1n) is 20.5. The summed E-state index contributed by atoms with van der Waals surface area (Å²) in [6.45, 7) is 14.0. The summed E-state index contributed by atoms with van der Waals surface area (Å²) >= 11 is 10.7. The number of anilines is 2. The first kappa shape index (κ1) is 37.3. The Balaban J connectivity index is 0.866. The van der Waals surface area contributed by atoms with Gasteiger partial charge in [0.05, 0.1) is 27.5 Å². The highest BCUT2D eigenvalue weighted by atomic mass is 35.5. The molecule has 0 unspecified atom stereocenters. The maximum Gasteiger partial charge on any atom is 0.103 e. The average molecular weight is 791 g/mol. The largest absolute Gasteiger partial charge is 0.352 e. The van der Waals surface area contributed by atoms with Gasteiger partial charge in [-0.2, -0.15) is 5.26 Å². The molecule has 0 bridgehead atoms. The molecule has 7 nitrogen and oxygen atoms in total. The van der Waals surface area contributed by atoms with Crippen molar-refractivity contribution in [1.82, 2.24) is 24.6 Å². The summed E-state index contributed by atoms with van der Waals surface area (Å²) < 4.78 is 0. The summed E-state index contributed by atoms with van der Waals surface area (Å²) in [5.74, 6) is 0. The van der Waals surface area contributed by atoms with Gasteiger partial charge >= 0.3 is 0 Å². The Kier molecular flexibility index (Phi) is 11.3. The molecule has 2 aromatic carbocycles. The molecule has 0 atom stereocenters. The number of likely N-dealkylation sites (tertiary alicyclic amines) is 4. The third-order valence-electron chi connectivity index (χ3n) is 12.7. The number of aryl methyl sites for hydroxylation is 1. The third-order valence-corrected chi connectivity index (χ3v) is 14.8. The number of nitriles is 1. The second-order valence-electron chi connectivity index (χ2n) is 16.3. The first-order chi connectivity index (χ1) is 27.0. The molecule has 0 radical (unpaired) electrons. The number of aromatic nitrogens is 1. The number of benzene rings is 2. The van der Waals surface area contributed by atoms with Crippen LogP contribution >= 0.6 is 34.3 Å². The molecular weight excluding hydrogens is 738 g/mol. The van der Waals surface area contributed by atoms with E-state index in [2.05, 4.69) is 91.1 Å². The monoisotopic (exact) mass is 789 g/mol. The Bertz CT molecular complexity index is 2140. The molecule has 4 aliphatic heterocycles. The van der Waals surface area contributed by atoms with Gasteiger partial charge in [-0.1, -0.05) is 23.7 Å². The molecule has 7 heterocycles. The van der Waals surface area contributed by atoms with Crippen LogP contribution in [-0.2, 0) is 13.1 Å². The van der Waals surface area contributed by atoms with Crippen molar-refractivity contribution < 1.29 is 0 Å². The minimum Gasteiger partial charge on any atom is -0.352 e. The van der Waals surface area contributed by atoms with Crippen LogP contribution in [0.15, 0.2) is 59.4 Å². The van der Waals surface area contributed by atoms with Crippen LogP contribution in [0.3, 0.4) is 0 Å². The zero-order valence-corrected chi connectivity index (χ0v) is 34.4. The zero-order chi connectivity index (χ0) is 37.3. The van der Waals surface area contributed by atoms with Gasteiger partial charge in [-0.15, -0.1) is 22.7 Å². The van der Waals surface area contributed by atoms with E-state index in [9.17, 15) is 5.26 Å². The highest BCUT2D eigenvalue weighted by Crippen LogP contribution is 2.39.